The van der Waals surface area contributed by atoms with Crippen molar-refractivity contribution < 1.29 is 9.59 Å². The fraction of sp³-hybridized carbons (Fsp3) is 0.111. The van der Waals surface area contributed by atoms with Gasteiger partial charge in [-0.1, -0.05) is 6.07 Å². The minimum Gasteiger partial charge on any atom is -0.366 e. The maximum absolute atomic E-state index is 11.0. The van der Waals surface area contributed by atoms with Crippen LogP contribution in [0.4, 0.5) is 0 Å². The second kappa shape index (κ2) is 3.87. The highest BCUT2D eigenvalue weighted by molar-refractivity contribution is 14.1. The van der Waals surface area contributed by atoms with Crippen molar-refractivity contribution in [1.29, 1.82) is 0 Å². The fourth-order valence-corrected chi connectivity index (χ4v) is 1.84. The van der Waals surface area contributed by atoms with Crippen molar-refractivity contribution in [2.75, 3.05) is 0 Å². The lowest BCUT2D eigenvalue weighted by Gasteiger charge is -2.05. The van der Waals surface area contributed by atoms with E-state index in [9.17, 15) is 9.59 Å². The molecule has 1 amide bonds. The number of hydrogen-bond donors (Lipinski definition) is 1. The standard InChI is InChI=1S/C9H8INO2/c1-5-2-3-7(10)8(9(11)13)6(5)4-12/h2-4H,1H3,(H2,11,13). The van der Waals surface area contributed by atoms with E-state index in [2.05, 4.69) is 0 Å². The Kier molecular flexibility index (Phi) is 3.02. The minimum absolute atomic E-state index is 0.315. The van der Waals surface area contributed by atoms with Crippen molar-refractivity contribution >= 4 is 34.8 Å². The van der Waals surface area contributed by atoms with Crippen molar-refractivity contribution in [1.82, 2.24) is 0 Å². The molecule has 0 heterocycles. The van der Waals surface area contributed by atoms with E-state index in [0.29, 0.717) is 21.0 Å². The Morgan fingerprint density at radius 3 is 2.54 bits per heavy atom. The van der Waals surface area contributed by atoms with Gasteiger partial charge >= 0.3 is 0 Å². The van der Waals surface area contributed by atoms with Gasteiger partial charge in [-0.2, -0.15) is 0 Å². The van der Waals surface area contributed by atoms with Crippen molar-refractivity contribution in [2.45, 2.75) is 6.92 Å². The minimum atomic E-state index is -0.560. The van der Waals surface area contributed by atoms with Crippen LogP contribution in [0, 0.1) is 10.5 Å². The summed E-state index contributed by atoms with van der Waals surface area (Å²) < 4.78 is 0.706. The summed E-state index contributed by atoms with van der Waals surface area (Å²) in [5, 5.41) is 0. The number of halogens is 1. The molecule has 3 nitrogen and oxygen atoms in total. The second-order valence-corrected chi connectivity index (χ2v) is 3.80. The normalized spacial score (nSPS) is 9.69. The molecule has 0 aliphatic rings. The van der Waals surface area contributed by atoms with Gasteiger partial charge in [-0.3, -0.25) is 9.59 Å². The molecule has 0 radical (unpaired) electrons. The molecule has 0 aliphatic heterocycles. The number of nitrogens with two attached hydrogens (primary N) is 1. The van der Waals surface area contributed by atoms with Gasteiger partial charge < -0.3 is 5.73 Å². The van der Waals surface area contributed by atoms with Crippen molar-refractivity contribution in [2.24, 2.45) is 5.73 Å². The molecule has 2 N–H and O–H groups in total. The molecule has 1 aromatic carbocycles. The van der Waals surface area contributed by atoms with Crippen LogP contribution in [0.25, 0.3) is 0 Å². The van der Waals surface area contributed by atoms with Crippen LogP contribution in [0.15, 0.2) is 12.1 Å². The lowest BCUT2D eigenvalue weighted by atomic mass is 10.0. The van der Waals surface area contributed by atoms with Crippen LogP contribution in [0.1, 0.15) is 26.3 Å². The van der Waals surface area contributed by atoms with Crippen LogP contribution in [-0.4, -0.2) is 12.2 Å². The molecule has 0 saturated heterocycles. The molecule has 0 saturated carbocycles. The summed E-state index contributed by atoms with van der Waals surface area (Å²) in [6.07, 6.45) is 0.664. The number of benzene rings is 1. The van der Waals surface area contributed by atoms with Gasteiger partial charge in [0.25, 0.3) is 5.91 Å². The average molecular weight is 289 g/mol. The first-order valence-corrected chi connectivity index (χ1v) is 4.70. The molecule has 0 bridgehead atoms. The molecule has 0 aromatic heterocycles. The van der Waals surface area contributed by atoms with E-state index in [0.717, 1.165) is 5.56 Å². The number of carbonyl (C=O) groups is 2. The van der Waals surface area contributed by atoms with Gasteiger partial charge in [0.05, 0.1) is 5.56 Å². The Bertz CT molecular complexity index is 374. The zero-order valence-electron chi connectivity index (χ0n) is 7.00. The van der Waals surface area contributed by atoms with E-state index in [1.807, 2.05) is 22.6 Å². The number of rotatable bonds is 2. The lowest BCUT2D eigenvalue weighted by Crippen LogP contribution is -2.16. The van der Waals surface area contributed by atoms with Crippen LogP contribution in [0.5, 0.6) is 0 Å². The van der Waals surface area contributed by atoms with Gasteiger partial charge in [0.1, 0.15) is 0 Å². The third kappa shape index (κ3) is 1.88. The molecule has 0 unspecified atom stereocenters. The molecule has 0 aliphatic carbocycles. The van der Waals surface area contributed by atoms with Gasteiger partial charge in [0.2, 0.25) is 0 Å². The Labute approximate surface area is 89.5 Å². The van der Waals surface area contributed by atoms with E-state index in [-0.39, 0.29) is 0 Å². The molecule has 4 heteroatoms. The summed E-state index contributed by atoms with van der Waals surface area (Å²) >= 11 is 1.98. The first-order valence-electron chi connectivity index (χ1n) is 3.62. The SMILES string of the molecule is Cc1ccc(I)c(C(N)=O)c1C=O. The molecule has 0 atom stereocenters. The van der Waals surface area contributed by atoms with Crippen molar-refractivity contribution in [3.8, 4) is 0 Å². The predicted molar refractivity (Wildman–Crippen MR) is 57.8 cm³/mol. The summed E-state index contributed by atoms with van der Waals surface area (Å²) in [5.41, 5.74) is 6.63. The van der Waals surface area contributed by atoms with E-state index in [4.69, 9.17) is 5.73 Å². The van der Waals surface area contributed by atoms with E-state index < -0.39 is 5.91 Å². The van der Waals surface area contributed by atoms with Crippen molar-refractivity contribution in [3.63, 3.8) is 0 Å². The Hall–Kier alpha value is -0.910. The number of primary amides is 1. The van der Waals surface area contributed by atoms with Crippen LogP contribution < -0.4 is 5.73 Å². The predicted octanol–water partition coefficient (Wildman–Crippen LogP) is 1.51. The largest absolute Gasteiger partial charge is 0.366 e. The Morgan fingerprint density at radius 1 is 1.54 bits per heavy atom. The van der Waals surface area contributed by atoms with E-state index >= 15 is 0 Å². The molecule has 68 valence electrons. The summed E-state index contributed by atoms with van der Waals surface area (Å²) in [6.45, 7) is 1.77. The zero-order chi connectivity index (χ0) is 10.0. The van der Waals surface area contributed by atoms with Crippen LogP contribution >= 0.6 is 22.6 Å². The maximum Gasteiger partial charge on any atom is 0.250 e. The summed E-state index contributed by atoms with van der Waals surface area (Å²) in [6, 6.07) is 3.56. The van der Waals surface area contributed by atoms with Crippen LogP contribution in [-0.2, 0) is 0 Å². The monoisotopic (exact) mass is 289 g/mol. The van der Waals surface area contributed by atoms with Gasteiger partial charge in [0, 0.05) is 9.13 Å². The molecule has 0 spiro atoms. The lowest BCUT2D eigenvalue weighted by molar-refractivity contribution is 0.0992. The number of carbonyl (C=O) groups excluding carboxylic acids is 2. The van der Waals surface area contributed by atoms with Crippen LogP contribution in [0.3, 0.4) is 0 Å². The van der Waals surface area contributed by atoms with Crippen LogP contribution in [0.2, 0.25) is 0 Å². The summed E-state index contributed by atoms with van der Waals surface area (Å²) in [4.78, 5) is 21.7. The molecule has 0 fully saturated rings. The second-order valence-electron chi connectivity index (χ2n) is 2.64. The number of hydrogen-bond acceptors (Lipinski definition) is 2. The highest BCUT2D eigenvalue weighted by Gasteiger charge is 2.13. The van der Waals surface area contributed by atoms with Gasteiger partial charge in [-0.05, 0) is 41.1 Å². The Balaban J connectivity index is 3.52. The first-order chi connectivity index (χ1) is 6.07. The number of aryl methyl sites for hydroxylation is 1. The molecule has 13 heavy (non-hydrogen) atoms. The maximum atomic E-state index is 11.0. The zero-order valence-corrected chi connectivity index (χ0v) is 9.16. The highest BCUT2D eigenvalue weighted by Crippen LogP contribution is 2.18. The first kappa shape index (κ1) is 10.2. The third-order valence-corrected chi connectivity index (χ3v) is 2.68. The van der Waals surface area contributed by atoms with Crippen molar-refractivity contribution in [3.05, 3.63) is 32.4 Å². The molecule has 1 aromatic rings. The Morgan fingerprint density at radius 2 is 2.15 bits per heavy atom. The van der Waals surface area contributed by atoms with Gasteiger partial charge in [-0.25, -0.2) is 0 Å². The molecular weight excluding hydrogens is 281 g/mol. The number of aldehydes is 1. The quantitative estimate of drug-likeness (QED) is 0.662. The highest BCUT2D eigenvalue weighted by atomic mass is 127. The topological polar surface area (TPSA) is 60.2 Å². The van der Waals surface area contributed by atoms with Gasteiger partial charge in [-0.15, -0.1) is 0 Å². The third-order valence-electron chi connectivity index (χ3n) is 1.78. The average Bonchev–Trinajstić information content (AvgIpc) is 2.07. The summed E-state index contributed by atoms with van der Waals surface area (Å²) in [5.74, 6) is -0.560. The number of amides is 1. The summed E-state index contributed by atoms with van der Waals surface area (Å²) in [7, 11) is 0. The van der Waals surface area contributed by atoms with E-state index in [1.165, 1.54) is 0 Å². The molecule has 1 rings (SSSR count). The smallest absolute Gasteiger partial charge is 0.250 e. The molecular formula is C9H8INO2. The fourth-order valence-electron chi connectivity index (χ4n) is 1.10. The van der Waals surface area contributed by atoms with Gasteiger partial charge in [0.15, 0.2) is 6.29 Å². The van der Waals surface area contributed by atoms with E-state index in [1.54, 1.807) is 19.1 Å².